The summed E-state index contributed by atoms with van der Waals surface area (Å²) in [5, 5.41) is 6.88. The van der Waals surface area contributed by atoms with Crippen LogP contribution in [0.3, 0.4) is 0 Å². The van der Waals surface area contributed by atoms with Gasteiger partial charge in [-0.25, -0.2) is 8.42 Å². The molecule has 1 unspecified atom stereocenters. The fraction of sp³-hybridized carbons (Fsp3) is 0.826. The summed E-state index contributed by atoms with van der Waals surface area (Å²) in [5.41, 5.74) is 0.395. The van der Waals surface area contributed by atoms with Gasteiger partial charge in [0.1, 0.15) is 10.6 Å². The molecule has 2 fully saturated rings. The van der Waals surface area contributed by atoms with E-state index >= 15 is 0 Å². The van der Waals surface area contributed by atoms with Gasteiger partial charge in [-0.3, -0.25) is 4.79 Å². The molecule has 9 heteroatoms. The lowest BCUT2D eigenvalue weighted by Crippen LogP contribution is -2.43. The molecule has 1 amide bonds. The third-order valence-corrected chi connectivity index (χ3v) is 9.51. The van der Waals surface area contributed by atoms with Crippen molar-refractivity contribution in [1.82, 2.24) is 19.7 Å². The van der Waals surface area contributed by atoms with E-state index in [0.717, 1.165) is 13.0 Å². The Labute approximate surface area is 193 Å². The maximum Gasteiger partial charge on any atom is 0.248 e. The van der Waals surface area contributed by atoms with Crippen molar-refractivity contribution in [1.29, 1.82) is 0 Å². The molecule has 1 atom stereocenters. The molecule has 32 heavy (non-hydrogen) atoms. The maximum atomic E-state index is 13.0. The zero-order valence-electron chi connectivity index (χ0n) is 20.1. The summed E-state index contributed by atoms with van der Waals surface area (Å²) in [7, 11) is -1.41. The first-order valence-corrected chi connectivity index (χ1v) is 13.6. The van der Waals surface area contributed by atoms with Crippen molar-refractivity contribution >= 4 is 15.9 Å². The highest BCUT2D eigenvalue weighted by Gasteiger charge is 2.36. The molecule has 1 aliphatic heterocycles. The molecule has 182 valence electrons. The lowest BCUT2D eigenvalue weighted by molar-refractivity contribution is -0.126. The summed E-state index contributed by atoms with van der Waals surface area (Å²) in [6.07, 6.45) is 8.95. The van der Waals surface area contributed by atoms with E-state index in [9.17, 15) is 13.2 Å². The van der Waals surface area contributed by atoms with Gasteiger partial charge in [0, 0.05) is 31.6 Å². The standard InChI is InChI=1S/C23H40N4O4S/c1-17(23(28)24-13-8-14-26(4)21-9-6-5-7-10-21)20-11-15-27(16-12-20)32(29,30)22-18(2)25-31-19(22)3/h17,20-21H,5-16H2,1-4H3,(H,24,28). The largest absolute Gasteiger partial charge is 0.360 e. The van der Waals surface area contributed by atoms with E-state index < -0.39 is 10.0 Å². The zero-order valence-corrected chi connectivity index (χ0v) is 20.9. The summed E-state index contributed by atoms with van der Waals surface area (Å²) in [6.45, 7) is 7.78. The average molecular weight is 469 g/mol. The maximum absolute atomic E-state index is 13.0. The van der Waals surface area contributed by atoms with Crippen LogP contribution in [0.5, 0.6) is 0 Å². The molecule has 1 aliphatic carbocycles. The molecule has 0 bridgehead atoms. The smallest absolute Gasteiger partial charge is 0.248 e. The molecule has 2 aliphatic rings. The Morgan fingerprint density at radius 2 is 1.84 bits per heavy atom. The summed E-state index contributed by atoms with van der Waals surface area (Å²) in [4.78, 5) is 15.3. The quantitative estimate of drug-likeness (QED) is 0.560. The van der Waals surface area contributed by atoms with Crippen LogP contribution in [0.1, 0.15) is 69.7 Å². The van der Waals surface area contributed by atoms with Gasteiger partial charge in [-0.1, -0.05) is 31.3 Å². The van der Waals surface area contributed by atoms with Gasteiger partial charge in [-0.2, -0.15) is 4.31 Å². The highest BCUT2D eigenvalue weighted by atomic mass is 32.2. The van der Waals surface area contributed by atoms with Crippen molar-refractivity contribution in [3.8, 4) is 0 Å². The SMILES string of the molecule is Cc1noc(C)c1S(=O)(=O)N1CCC(C(C)C(=O)NCCCN(C)C2CCCCC2)CC1. The highest BCUT2D eigenvalue weighted by molar-refractivity contribution is 7.89. The Morgan fingerprint density at radius 3 is 2.44 bits per heavy atom. The monoisotopic (exact) mass is 468 g/mol. The number of piperidine rings is 1. The predicted molar refractivity (Wildman–Crippen MR) is 124 cm³/mol. The summed E-state index contributed by atoms with van der Waals surface area (Å²) < 4.78 is 32.5. The van der Waals surface area contributed by atoms with Crippen LogP contribution in [0.25, 0.3) is 0 Å². The van der Waals surface area contributed by atoms with Crippen LogP contribution in [0.15, 0.2) is 9.42 Å². The molecule has 0 spiro atoms. The average Bonchev–Trinajstić information content (AvgIpc) is 3.15. The lowest BCUT2D eigenvalue weighted by Gasteiger charge is -2.33. The number of amides is 1. The van der Waals surface area contributed by atoms with E-state index in [4.69, 9.17) is 4.52 Å². The van der Waals surface area contributed by atoms with E-state index in [0.29, 0.717) is 50.0 Å². The third kappa shape index (κ3) is 5.91. The summed E-state index contributed by atoms with van der Waals surface area (Å²) >= 11 is 0. The first-order chi connectivity index (χ1) is 15.2. The van der Waals surface area contributed by atoms with Crippen LogP contribution in [0.2, 0.25) is 0 Å². The van der Waals surface area contributed by atoms with E-state index in [1.54, 1.807) is 13.8 Å². The normalized spacial score (nSPS) is 20.5. The number of carbonyl (C=O) groups is 1. The van der Waals surface area contributed by atoms with Gasteiger partial charge in [0.05, 0.1) is 0 Å². The van der Waals surface area contributed by atoms with Crippen molar-refractivity contribution in [2.24, 2.45) is 11.8 Å². The number of rotatable bonds is 9. The Kier molecular flexibility index (Phi) is 8.75. The van der Waals surface area contributed by atoms with Crippen LogP contribution in [0.4, 0.5) is 0 Å². The van der Waals surface area contributed by atoms with Crippen molar-refractivity contribution in [3.05, 3.63) is 11.5 Å². The van der Waals surface area contributed by atoms with Crippen molar-refractivity contribution in [3.63, 3.8) is 0 Å². The second-order valence-corrected chi connectivity index (χ2v) is 11.5. The molecule has 2 heterocycles. The first-order valence-electron chi connectivity index (χ1n) is 12.1. The summed E-state index contributed by atoms with van der Waals surface area (Å²) in [6, 6.07) is 0.699. The van der Waals surface area contributed by atoms with Gasteiger partial charge >= 0.3 is 0 Å². The molecular weight excluding hydrogens is 428 g/mol. The molecule has 8 nitrogen and oxygen atoms in total. The minimum absolute atomic E-state index is 0.0809. The van der Waals surface area contributed by atoms with E-state index in [1.165, 1.54) is 36.4 Å². The van der Waals surface area contributed by atoms with Crippen LogP contribution in [-0.4, -0.2) is 68.0 Å². The molecule has 0 aromatic carbocycles. The van der Waals surface area contributed by atoms with Gasteiger partial charge in [-0.15, -0.1) is 0 Å². The number of nitrogens with one attached hydrogen (secondary N) is 1. The van der Waals surface area contributed by atoms with Gasteiger partial charge in [0.25, 0.3) is 0 Å². The molecular formula is C23H40N4O4S. The van der Waals surface area contributed by atoms with Crippen LogP contribution >= 0.6 is 0 Å². The molecule has 1 N–H and O–H groups in total. The molecule has 1 aromatic rings. The number of carbonyl (C=O) groups excluding carboxylic acids is 1. The lowest BCUT2D eigenvalue weighted by atomic mass is 9.85. The molecule has 0 radical (unpaired) electrons. The number of sulfonamides is 1. The zero-order chi connectivity index (χ0) is 23.3. The Hall–Kier alpha value is -1.45. The molecule has 1 saturated carbocycles. The minimum Gasteiger partial charge on any atom is -0.360 e. The third-order valence-electron chi connectivity index (χ3n) is 7.37. The van der Waals surface area contributed by atoms with Gasteiger partial charge in [0.2, 0.25) is 15.9 Å². The highest BCUT2D eigenvalue weighted by Crippen LogP contribution is 2.30. The summed E-state index contributed by atoms with van der Waals surface area (Å²) in [5.74, 6) is 0.481. The number of hydrogen-bond acceptors (Lipinski definition) is 6. The Bertz CT molecular complexity index is 836. The number of hydrogen-bond donors (Lipinski definition) is 1. The van der Waals surface area contributed by atoms with Crippen molar-refractivity contribution < 1.29 is 17.7 Å². The van der Waals surface area contributed by atoms with E-state index in [-0.39, 0.29) is 22.6 Å². The van der Waals surface area contributed by atoms with Gasteiger partial charge in [0.15, 0.2) is 5.76 Å². The van der Waals surface area contributed by atoms with Crippen LogP contribution < -0.4 is 5.32 Å². The number of aryl methyl sites for hydroxylation is 2. The molecule has 1 aromatic heterocycles. The van der Waals surface area contributed by atoms with Gasteiger partial charge < -0.3 is 14.7 Å². The molecule has 1 saturated heterocycles. The predicted octanol–water partition coefficient (Wildman–Crippen LogP) is 3.10. The fourth-order valence-electron chi connectivity index (χ4n) is 5.21. The molecule has 3 rings (SSSR count). The Morgan fingerprint density at radius 1 is 1.19 bits per heavy atom. The minimum atomic E-state index is -3.61. The topological polar surface area (TPSA) is 95.8 Å². The number of aromatic nitrogens is 1. The van der Waals surface area contributed by atoms with Gasteiger partial charge in [-0.05, 0) is 65.5 Å². The van der Waals surface area contributed by atoms with Crippen molar-refractivity contribution in [2.45, 2.75) is 83.1 Å². The van der Waals surface area contributed by atoms with E-state index in [2.05, 4.69) is 22.4 Å². The Balaban J connectivity index is 1.40. The van der Waals surface area contributed by atoms with Crippen molar-refractivity contribution in [2.75, 3.05) is 33.2 Å². The van der Waals surface area contributed by atoms with Crippen LogP contribution in [0, 0.1) is 25.7 Å². The van der Waals surface area contributed by atoms with Crippen LogP contribution in [-0.2, 0) is 14.8 Å². The number of nitrogens with zero attached hydrogens (tertiary/aromatic N) is 3. The van der Waals surface area contributed by atoms with E-state index in [1.807, 2.05) is 6.92 Å². The second kappa shape index (κ2) is 11.1. The fourth-order valence-corrected chi connectivity index (χ4v) is 6.97. The second-order valence-electron chi connectivity index (χ2n) is 9.60. The first kappa shape index (κ1) is 25.2.